The average molecular weight is 425 g/mol. The number of nitrogens with one attached hydrogen (secondary N) is 1. The standard InChI is InChI=1S/C25H32N2O4/c1-18(28)26-21-8-4-19(5-9-21)20-6-10-23(11-7-20)31-17-16-27(24(29)30)22-12-14-25(2,3)15-13-22/h4-11,22H,12-17H2,1-3H3,(H,26,28)(H,29,30). The molecule has 2 amide bonds. The molecule has 6 nitrogen and oxygen atoms in total. The molecule has 0 atom stereocenters. The third kappa shape index (κ3) is 6.48. The minimum atomic E-state index is -0.869. The number of anilines is 1. The van der Waals surface area contributed by atoms with Gasteiger partial charge < -0.3 is 20.1 Å². The predicted octanol–water partition coefficient (Wildman–Crippen LogP) is 5.64. The molecule has 2 aromatic rings. The van der Waals surface area contributed by atoms with Crippen LogP contribution < -0.4 is 10.1 Å². The largest absolute Gasteiger partial charge is 0.492 e. The van der Waals surface area contributed by atoms with Gasteiger partial charge in [-0.1, -0.05) is 38.1 Å². The zero-order chi connectivity index (χ0) is 22.4. The van der Waals surface area contributed by atoms with Gasteiger partial charge >= 0.3 is 6.09 Å². The number of nitrogens with zero attached hydrogens (tertiary/aromatic N) is 1. The fourth-order valence-corrected chi connectivity index (χ4v) is 4.08. The molecule has 1 fully saturated rings. The normalized spacial score (nSPS) is 15.8. The SMILES string of the molecule is CC(=O)Nc1ccc(-c2ccc(OCCN(C(=O)O)C3CCC(C)(C)CC3)cc2)cc1. The van der Waals surface area contributed by atoms with Crippen LogP contribution in [0.15, 0.2) is 48.5 Å². The summed E-state index contributed by atoms with van der Waals surface area (Å²) >= 11 is 0. The first-order chi connectivity index (χ1) is 14.7. The molecule has 3 rings (SSSR count). The molecule has 0 heterocycles. The quantitative estimate of drug-likeness (QED) is 0.603. The Morgan fingerprint density at radius 2 is 1.58 bits per heavy atom. The van der Waals surface area contributed by atoms with Gasteiger partial charge in [0.25, 0.3) is 0 Å². The number of benzene rings is 2. The van der Waals surface area contributed by atoms with Crippen molar-refractivity contribution >= 4 is 17.7 Å². The van der Waals surface area contributed by atoms with E-state index in [1.54, 1.807) is 4.90 Å². The minimum Gasteiger partial charge on any atom is -0.492 e. The Balaban J connectivity index is 1.52. The summed E-state index contributed by atoms with van der Waals surface area (Å²) in [4.78, 5) is 24.4. The minimum absolute atomic E-state index is 0.0805. The van der Waals surface area contributed by atoms with E-state index in [1.807, 2.05) is 48.5 Å². The number of hydrogen-bond donors (Lipinski definition) is 2. The molecular weight excluding hydrogens is 392 g/mol. The summed E-state index contributed by atoms with van der Waals surface area (Å²) in [5, 5.41) is 12.4. The molecule has 2 aromatic carbocycles. The van der Waals surface area contributed by atoms with E-state index in [9.17, 15) is 14.7 Å². The molecule has 0 radical (unpaired) electrons. The first-order valence-corrected chi connectivity index (χ1v) is 10.8. The third-order valence-electron chi connectivity index (χ3n) is 5.99. The van der Waals surface area contributed by atoms with E-state index in [1.165, 1.54) is 6.92 Å². The Hall–Kier alpha value is -3.02. The van der Waals surface area contributed by atoms with Crippen LogP contribution in [0.4, 0.5) is 10.5 Å². The van der Waals surface area contributed by atoms with Crippen molar-refractivity contribution in [2.45, 2.75) is 52.5 Å². The van der Waals surface area contributed by atoms with Crippen molar-refractivity contribution in [3.05, 3.63) is 48.5 Å². The topological polar surface area (TPSA) is 78.9 Å². The van der Waals surface area contributed by atoms with Gasteiger partial charge in [-0.25, -0.2) is 4.79 Å². The molecule has 0 saturated heterocycles. The van der Waals surface area contributed by atoms with Gasteiger partial charge in [-0.05, 0) is 66.5 Å². The van der Waals surface area contributed by atoms with Gasteiger partial charge in [0.2, 0.25) is 5.91 Å². The van der Waals surface area contributed by atoms with Crippen LogP contribution in [0.3, 0.4) is 0 Å². The fraction of sp³-hybridized carbons (Fsp3) is 0.440. The van der Waals surface area contributed by atoms with E-state index >= 15 is 0 Å². The van der Waals surface area contributed by atoms with E-state index < -0.39 is 6.09 Å². The number of ether oxygens (including phenoxy) is 1. The smallest absolute Gasteiger partial charge is 0.407 e. The van der Waals surface area contributed by atoms with Gasteiger partial charge in [0.05, 0.1) is 6.54 Å². The molecule has 31 heavy (non-hydrogen) atoms. The molecule has 2 N–H and O–H groups in total. The number of hydrogen-bond acceptors (Lipinski definition) is 3. The summed E-state index contributed by atoms with van der Waals surface area (Å²) in [5.74, 6) is 0.622. The van der Waals surface area contributed by atoms with E-state index in [-0.39, 0.29) is 11.9 Å². The highest BCUT2D eigenvalue weighted by molar-refractivity contribution is 5.89. The Morgan fingerprint density at radius 1 is 1.03 bits per heavy atom. The van der Waals surface area contributed by atoms with Crippen LogP contribution in [0.2, 0.25) is 0 Å². The molecule has 0 aliphatic heterocycles. The second kappa shape index (κ2) is 9.86. The summed E-state index contributed by atoms with van der Waals surface area (Å²) < 4.78 is 5.82. The van der Waals surface area contributed by atoms with Crippen molar-refractivity contribution in [2.24, 2.45) is 5.41 Å². The Bertz CT molecular complexity index is 881. The second-order valence-electron chi connectivity index (χ2n) is 9.00. The third-order valence-corrected chi connectivity index (χ3v) is 5.99. The molecule has 1 aliphatic rings. The number of amides is 2. The number of carbonyl (C=O) groups excluding carboxylic acids is 1. The Morgan fingerprint density at radius 3 is 2.10 bits per heavy atom. The first-order valence-electron chi connectivity index (χ1n) is 10.8. The Labute approximate surface area is 184 Å². The van der Waals surface area contributed by atoms with Gasteiger partial charge in [-0.3, -0.25) is 4.79 Å². The van der Waals surface area contributed by atoms with Gasteiger partial charge in [0.1, 0.15) is 12.4 Å². The lowest BCUT2D eigenvalue weighted by atomic mass is 9.75. The van der Waals surface area contributed by atoms with Gasteiger partial charge in [-0.2, -0.15) is 0 Å². The van der Waals surface area contributed by atoms with Crippen LogP contribution in [-0.2, 0) is 4.79 Å². The van der Waals surface area contributed by atoms with Crippen LogP contribution in [0, 0.1) is 5.41 Å². The molecule has 166 valence electrons. The first kappa shape index (κ1) is 22.7. The molecule has 6 heteroatoms. The van der Waals surface area contributed by atoms with Crippen LogP contribution in [0.1, 0.15) is 46.5 Å². The van der Waals surface area contributed by atoms with E-state index in [0.29, 0.717) is 24.3 Å². The average Bonchev–Trinajstić information content (AvgIpc) is 2.72. The van der Waals surface area contributed by atoms with Crippen LogP contribution in [0.25, 0.3) is 11.1 Å². The molecule has 0 unspecified atom stereocenters. The van der Waals surface area contributed by atoms with Crippen molar-refractivity contribution in [2.75, 3.05) is 18.5 Å². The van der Waals surface area contributed by atoms with E-state index in [4.69, 9.17) is 4.74 Å². The zero-order valence-electron chi connectivity index (χ0n) is 18.6. The zero-order valence-corrected chi connectivity index (χ0v) is 18.6. The lowest BCUT2D eigenvalue weighted by Gasteiger charge is -2.38. The lowest BCUT2D eigenvalue weighted by Crippen LogP contribution is -2.44. The summed E-state index contributed by atoms with van der Waals surface area (Å²) in [5.41, 5.74) is 3.15. The lowest BCUT2D eigenvalue weighted by molar-refractivity contribution is -0.114. The summed E-state index contributed by atoms with van der Waals surface area (Å²) in [6, 6.07) is 15.5. The number of carbonyl (C=O) groups is 2. The van der Waals surface area contributed by atoms with Crippen molar-refractivity contribution in [3.63, 3.8) is 0 Å². The van der Waals surface area contributed by atoms with Gasteiger partial charge in [0, 0.05) is 18.7 Å². The highest BCUT2D eigenvalue weighted by Crippen LogP contribution is 2.37. The van der Waals surface area contributed by atoms with Crippen LogP contribution >= 0.6 is 0 Å². The number of rotatable bonds is 7. The van der Waals surface area contributed by atoms with Gasteiger partial charge in [0.15, 0.2) is 0 Å². The Kier molecular flexibility index (Phi) is 7.21. The van der Waals surface area contributed by atoms with E-state index in [0.717, 1.165) is 42.5 Å². The van der Waals surface area contributed by atoms with E-state index in [2.05, 4.69) is 19.2 Å². The molecular formula is C25H32N2O4. The molecule has 0 bridgehead atoms. The van der Waals surface area contributed by atoms with Crippen molar-refractivity contribution in [1.29, 1.82) is 0 Å². The summed E-state index contributed by atoms with van der Waals surface area (Å²) in [7, 11) is 0. The monoisotopic (exact) mass is 424 g/mol. The highest BCUT2D eigenvalue weighted by Gasteiger charge is 2.32. The maximum atomic E-state index is 11.7. The van der Waals surface area contributed by atoms with Gasteiger partial charge in [-0.15, -0.1) is 0 Å². The molecule has 1 aliphatic carbocycles. The van der Waals surface area contributed by atoms with Crippen LogP contribution in [0.5, 0.6) is 5.75 Å². The second-order valence-corrected chi connectivity index (χ2v) is 9.00. The van der Waals surface area contributed by atoms with Crippen molar-refractivity contribution in [3.8, 4) is 16.9 Å². The maximum absolute atomic E-state index is 11.7. The molecule has 0 aromatic heterocycles. The summed E-state index contributed by atoms with van der Waals surface area (Å²) in [6.07, 6.45) is 3.06. The number of carboxylic acid groups (broad SMARTS) is 1. The predicted molar refractivity (Wildman–Crippen MR) is 122 cm³/mol. The van der Waals surface area contributed by atoms with Crippen molar-refractivity contribution < 1.29 is 19.4 Å². The molecule has 1 saturated carbocycles. The highest BCUT2D eigenvalue weighted by atomic mass is 16.5. The maximum Gasteiger partial charge on any atom is 0.407 e. The van der Waals surface area contributed by atoms with Crippen LogP contribution in [-0.4, -0.2) is 41.2 Å². The molecule has 0 spiro atoms. The van der Waals surface area contributed by atoms with Crippen molar-refractivity contribution in [1.82, 2.24) is 4.90 Å². The fourth-order valence-electron chi connectivity index (χ4n) is 4.08. The summed E-state index contributed by atoms with van der Waals surface area (Å²) in [6.45, 7) is 6.68.